The second-order valence-corrected chi connectivity index (χ2v) is 7.71. The molecule has 1 N–H and O–H groups in total. The molecule has 3 nitrogen and oxygen atoms in total. The number of hydrogen-bond donors (Lipinski definition) is 1. The van der Waals surface area contributed by atoms with Gasteiger partial charge in [0.15, 0.2) is 0 Å². The second-order valence-electron chi connectivity index (χ2n) is 7.71. The van der Waals surface area contributed by atoms with Gasteiger partial charge in [0.1, 0.15) is 0 Å². The minimum atomic E-state index is -0.0981. The lowest BCUT2D eigenvalue weighted by Gasteiger charge is -2.58. The van der Waals surface area contributed by atoms with Crippen molar-refractivity contribution in [3.05, 3.63) is 0 Å². The van der Waals surface area contributed by atoms with Crippen LogP contribution in [0.1, 0.15) is 38.5 Å². The average Bonchev–Trinajstić information content (AvgIpc) is 2.38. The largest absolute Gasteiger partial charge is 0.391 e. The summed E-state index contributed by atoms with van der Waals surface area (Å²) in [6.07, 6.45) is 8.22. The smallest absolute Gasteiger partial charge is 0.0723 e. The SMILES string of the molecule is O[C@H](CN1CCOCC1)C12CC3CC(CC(C3)C1)C2. The van der Waals surface area contributed by atoms with Crippen molar-refractivity contribution < 1.29 is 9.84 Å². The van der Waals surface area contributed by atoms with Crippen molar-refractivity contribution in [3.8, 4) is 0 Å². The van der Waals surface area contributed by atoms with E-state index in [9.17, 15) is 5.11 Å². The number of β-amino-alcohol motifs (C(OH)–C–C–N with tert-alkyl or cyclic N) is 1. The third-order valence-corrected chi connectivity index (χ3v) is 6.33. The van der Waals surface area contributed by atoms with Gasteiger partial charge in [-0.05, 0) is 61.7 Å². The second kappa shape index (κ2) is 4.71. The summed E-state index contributed by atoms with van der Waals surface area (Å²) in [5.74, 6) is 2.81. The molecule has 4 saturated carbocycles. The van der Waals surface area contributed by atoms with Gasteiger partial charge in [-0.2, -0.15) is 0 Å². The third kappa shape index (κ3) is 2.24. The maximum absolute atomic E-state index is 10.9. The topological polar surface area (TPSA) is 32.7 Å². The summed E-state index contributed by atoms with van der Waals surface area (Å²) in [6, 6.07) is 0. The molecule has 0 aromatic rings. The predicted octanol–water partition coefficient (Wildman–Crippen LogP) is 1.90. The number of rotatable bonds is 3. The molecule has 1 saturated heterocycles. The lowest BCUT2D eigenvalue weighted by Crippen LogP contribution is -2.55. The normalized spacial score (nSPS) is 47.5. The minimum Gasteiger partial charge on any atom is -0.391 e. The Balaban J connectivity index is 1.45. The van der Waals surface area contributed by atoms with Crippen LogP contribution >= 0.6 is 0 Å². The lowest BCUT2D eigenvalue weighted by atomic mass is 9.48. The average molecular weight is 265 g/mol. The van der Waals surface area contributed by atoms with Gasteiger partial charge in [0, 0.05) is 19.6 Å². The predicted molar refractivity (Wildman–Crippen MR) is 73.9 cm³/mol. The molecule has 0 radical (unpaired) electrons. The fraction of sp³-hybridized carbons (Fsp3) is 1.00. The van der Waals surface area contributed by atoms with Gasteiger partial charge < -0.3 is 9.84 Å². The summed E-state index contributed by atoms with van der Waals surface area (Å²) < 4.78 is 5.41. The van der Waals surface area contributed by atoms with Gasteiger partial charge in [-0.15, -0.1) is 0 Å². The lowest BCUT2D eigenvalue weighted by molar-refractivity contribution is -0.130. The summed E-state index contributed by atoms with van der Waals surface area (Å²) in [4.78, 5) is 2.41. The first-order valence-corrected chi connectivity index (χ1v) is 8.22. The highest BCUT2D eigenvalue weighted by Gasteiger charge is 2.54. The van der Waals surface area contributed by atoms with E-state index in [0.29, 0.717) is 0 Å². The van der Waals surface area contributed by atoms with Crippen LogP contribution in [0.5, 0.6) is 0 Å². The summed E-state index contributed by atoms with van der Waals surface area (Å²) >= 11 is 0. The Bertz CT molecular complexity index is 302. The minimum absolute atomic E-state index is 0.0981. The number of aliphatic hydroxyl groups is 1. The van der Waals surface area contributed by atoms with Gasteiger partial charge in [-0.3, -0.25) is 4.90 Å². The Hall–Kier alpha value is -0.120. The van der Waals surface area contributed by atoms with Crippen molar-refractivity contribution in [1.29, 1.82) is 0 Å². The molecule has 1 atom stereocenters. The molecule has 0 aromatic heterocycles. The molecule has 1 heterocycles. The maximum Gasteiger partial charge on any atom is 0.0723 e. The fourth-order valence-corrected chi connectivity index (χ4v) is 5.81. The standard InChI is InChI=1S/C16H27NO2/c18-15(11-17-1-3-19-4-2-17)16-8-12-5-13(9-16)7-14(6-12)10-16/h12-15,18H,1-11H2/t12?,13?,14?,15-,16?/m1/s1. The summed E-state index contributed by atoms with van der Waals surface area (Å²) in [5.41, 5.74) is 0.285. The highest BCUT2D eigenvalue weighted by Crippen LogP contribution is 2.61. The molecule has 0 spiro atoms. The first kappa shape index (κ1) is 12.6. The molecule has 0 unspecified atom stereocenters. The molecule has 19 heavy (non-hydrogen) atoms. The van der Waals surface area contributed by atoms with Crippen LogP contribution in [0.25, 0.3) is 0 Å². The molecule has 5 aliphatic rings. The Labute approximate surface area is 116 Å². The molecular formula is C16H27NO2. The van der Waals surface area contributed by atoms with Crippen molar-refractivity contribution in [1.82, 2.24) is 4.90 Å². The highest BCUT2D eigenvalue weighted by molar-refractivity contribution is 5.04. The molecule has 4 bridgehead atoms. The Kier molecular flexibility index (Phi) is 3.13. The van der Waals surface area contributed by atoms with E-state index in [-0.39, 0.29) is 11.5 Å². The van der Waals surface area contributed by atoms with Crippen molar-refractivity contribution in [2.45, 2.75) is 44.6 Å². The van der Waals surface area contributed by atoms with Crippen LogP contribution in [0, 0.1) is 23.2 Å². The molecule has 1 aliphatic heterocycles. The zero-order chi connectivity index (χ0) is 12.9. The molecule has 4 aliphatic carbocycles. The number of ether oxygens (including phenoxy) is 1. The van der Waals surface area contributed by atoms with E-state index >= 15 is 0 Å². The zero-order valence-corrected chi connectivity index (χ0v) is 11.9. The van der Waals surface area contributed by atoms with E-state index in [1.54, 1.807) is 0 Å². The maximum atomic E-state index is 10.9. The van der Waals surface area contributed by atoms with Crippen molar-refractivity contribution >= 4 is 0 Å². The van der Waals surface area contributed by atoms with Crippen LogP contribution in [0.4, 0.5) is 0 Å². The molecule has 108 valence electrons. The number of nitrogens with zero attached hydrogens (tertiary/aromatic N) is 1. The first-order chi connectivity index (χ1) is 9.23. The number of morpholine rings is 1. The Morgan fingerprint density at radius 1 is 1.00 bits per heavy atom. The van der Waals surface area contributed by atoms with E-state index in [1.807, 2.05) is 0 Å². The van der Waals surface area contributed by atoms with Crippen molar-refractivity contribution in [3.63, 3.8) is 0 Å². The molecule has 5 rings (SSSR count). The molecule has 0 amide bonds. The summed E-state index contributed by atoms with van der Waals surface area (Å²) in [6.45, 7) is 4.57. The summed E-state index contributed by atoms with van der Waals surface area (Å²) in [7, 11) is 0. The van der Waals surface area contributed by atoms with E-state index in [2.05, 4.69) is 4.90 Å². The van der Waals surface area contributed by atoms with Gasteiger partial charge in [-0.1, -0.05) is 0 Å². The molecular weight excluding hydrogens is 238 g/mol. The first-order valence-electron chi connectivity index (χ1n) is 8.22. The Morgan fingerprint density at radius 3 is 2.05 bits per heavy atom. The molecule has 3 heteroatoms. The monoisotopic (exact) mass is 265 g/mol. The zero-order valence-electron chi connectivity index (χ0n) is 11.9. The summed E-state index contributed by atoms with van der Waals surface area (Å²) in [5, 5.41) is 10.9. The third-order valence-electron chi connectivity index (χ3n) is 6.33. The Morgan fingerprint density at radius 2 is 1.53 bits per heavy atom. The van der Waals surface area contributed by atoms with E-state index < -0.39 is 0 Å². The van der Waals surface area contributed by atoms with Crippen molar-refractivity contribution in [2.24, 2.45) is 23.2 Å². The van der Waals surface area contributed by atoms with E-state index in [0.717, 1.165) is 50.6 Å². The van der Waals surface area contributed by atoms with Gasteiger partial charge in [0.25, 0.3) is 0 Å². The van der Waals surface area contributed by atoms with E-state index in [1.165, 1.54) is 38.5 Å². The number of aliphatic hydroxyl groups excluding tert-OH is 1. The van der Waals surface area contributed by atoms with Crippen LogP contribution in [-0.2, 0) is 4.74 Å². The van der Waals surface area contributed by atoms with Crippen LogP contribution in [0.3, 0.4) is 0 Å². The number of hydrogen-bond acceptors (Lipinski definition) is 3. The molecule has 0 aromatic carbocycles. The van der Waals surface area contributed by atoms with Crippen molar-refractivity contribution in [2.75, 3.05) is 32.8 Å². The van der Waals surface area contributed by atoms with Crippen LogP contribution in [0.2, 0.25) is 0 Å². The van der Waals surface area contributed by atoms with Gasteiger partial charge in [0.2, 0.25) is 0 Å². The fourth-order valence-electron chi connectivity index (χ4n) is 5.81. The van der Waals surface area contributed by atoms with Gasteiger partial charge >= 0.3 is 0 Å². The highest BCUT2D eigenvalue weighted by atomic mass is 16.5. The molecule has 5 fully saturated rings. The van der Waals surface area contributed by atoms with Crippen LogP contribution < -0.4 is 0 Å². The van der Waals surface area contributed by atoms with E-state index in [4.69, 9.17) is 4.74 Å². The van der Waals surface area contributed by atoms with Gasteiger partial charge in [0.05, 0.1) is 19.3 Å². The quantitative estimate of drug-likeness (QED) is 0.846. The van der Waals surface area contributed by atoms with Gasteiger partial charge in [-0.25, -0.2) is 0 Å². The van der Waals surface area contributed by atoms with Crippen LogP contribution in [0.15, 0.2) is 0 Å². The van der Waals surface area contributed by atoms with Crippen LogP contribution in [-0.4, -0.2) is 49.0 Å².